The van der Waals surface area contributed by atoms with E-state index in [9.17, 15) is 0 Å². The van der Waals surface area contributed by atoms with Crippen LogP contribution in [0, 0.1) is 0 Å². The van der Waals surface area contributed by atoms with E-state index in [2.05, 4.69) is 44.1 Å². The topological polar surface area (TPSA) is 34.4 Å². The number of nitrogens with one attached hydrogen (secondary N) is 1. The molecule has 0 aliphatic carbocycles. The molecule has 0 fully saturated rings. The third-order valence-electron chi connectivity index (χ3n) is 2.56. The van der Waals surface area contributed by atoms with Gasteiger partial charge < -0.3 is 14.5 Å². The number of ether oxygens (including phenoxy) is 1. The average Bonchev–Trinajstić information content (AvgIpc) is 2.75. The highest BCUT2D eigenvalue weighted by molar-refractivity contribution is 9.11. The molecule has 2 aromatic rings. The monoisotopic (exact) mass is 361 g/mol. The maximum absolute atomic E-state index is 5.58. The third kappa shape index (κ3) is 2.37. The number of hydrogen-bond acceptors (Lipinski definition) is 3. The van der Waals surface area contributed by atoms with Crippen LogP contribution < -0.4 is 10.1 Å². The van der Waals surface area contributed by atoms with Gasteiger partial charge in [0.05, 0.1) is 22.3 Å². The number of benzene rings is 1. The van der Waals surface area contributed by atoms with E-state index < -0.39 is 0 Å². The Bertz CT molecular complexity index is 537. The minimum Gasteiger partial charge on any atom is -0.496 e. The van der Waals surface area contributed by atoms with Crippen molar-refractivity contribution in [2.75, 3.05) is 13.7 Å². The van der Waals surface area contributed by atoms with Gasteiger partial charge in [-0.05, 0) is 44.5 Å². The van der Waals surface area contributed by atoms with Crippen LogP contribution in [0.2, 0.25) is 0 Å². The zero-order valence-electron chi connectivity index (χ0n) is 9.64. The first-order valence-electron chi connectivity index (χ1n) is 5.31. The molecule has 3 nitrogen and oxygen atoms in total. The molecule has 1 N–H and O–H groups in total. The molecular formula is C12H13Br2NO2. The van der Waals surface area contributed by atoms with Crippen molar-refractivity contribution in [2.24, 2.45) is 0 Å². The number of rotatable bonds is 4. The SMILES string of the molecule is CCNCc1coc2c(Br)cc(OC)c(Br)c12. The summed E-state index contributed by atoms with van der Waals surface area (Å²) in [6, 6.07) is 1.90. The fourth-order valence-electron chi connectivity index (χ4n) is 1.72. The molecule has 0 amide bonds. The second-order valence-electron chi connectivity index (χ2n) is 3.62. The van der Waals surface area contributed by atoms with E-state index in [1.165, 1.54) is 0 Å². The molecule has 0 aliphatic heterocycles. The van der Waals surface area contributed by atoms with Crippen molar-refractivity contribution >= 4 is 42.8 Å². The van der Waals surface area contributed by atoms with Crippen molar-refractivity contribution in [2.45, 2.75) is 13.5 Å². The zero-order valence-corrected chi connectivity index (χ0v) is 12.8. The number of fused-ring (bicyclic) bond motifs is 1. The second-order valence-corrected chi connectivity index (χ2v) is 5.27. The van der Waals surface area contributed by atoms with Crippen LogP contribution in [0.15, 0.2) is 25.7 Å². The molecule has 92 valence electrons. The lowest BCUT2D eigenvalue weighted by Crippen LogP contribution is -2.11. The van der Waals surface area contributed by atoms with E-state index in [1.807, 2.05) is 6.07 Å². The lowest BCUT2D eigenvalue weighted by Gasteiger charge is -2.07. The van der Waals surface area contributed by atoms with Gasteiger partial charge in [-0.15, -0.1) is 0 Å². The first-order valence-corrected chi connectivity index (χ1v) is 6.90. The van der Waals surface area contributed by atoms with Gasteiger partial charge in [0.1, 0.15) is 11.3 Å². The first kappa shape index (κ1) is 12.9. The number of hydrogen-bond donors (Lipinski definition) is 1. The van der Waals surface area contributed by atoms with Crippen LogP contribution in [0.3, 0.4) is 0 Å². The van der Waals surface area contributed by atoms with Crippen LogP contribution in [0.1, 0.15) is 12.5 Å². The molecule has 0 unspecified atom stereocenters. The molecule has 0 radical (unpaired) electrons. The first-order chi connectivity index (χ1) is 8.19. The Morgan fingerprint density at radius 2 is 2.18 bits per heavy atom. The second kappa shape index (κ2) is 5.42. The van der Waals surface area contributed by atoms with E-state index in [1.54, 1.807) is 13.4 Å². The predicted octanol–water partition coefficient (Wildman–Crippen LogP) is 4.08. The minimum atomic E-state index is 0.779. The highest BCUT2D eigenvalue weighted by atomic mass is 79.9. The number of furan rings is 1. The smallest absolute Gasteiger partial charge is 0.149 e. The molecule has 1 heterocycles. The third-order valence-corrected chi connectivity index (χ3v) is 3.94. The Morgan fingerprint density at radius 3 is 2.82 bits per heavy atom. The van der Waals surface area contributed by atoms with E-state index in [4.69, 9.17) is 9.15 Å². The van der Waals surface area contributed by atoms with Crippen molar-refractivity contribution in [3.63, 3.8) is 0 Å². The van der Waals surface area contributed by atoms with Crippen LogP contribution in [0.4, 0.5) is 0 Å². The molecule has 0 saturated carbocycles. The molecule has 2 rings (SSSR count). The summed E-state index contributed by atoms with van der Waals surface area (Å²) in [6.07, 6.45) is 1.78. The van der Waals surface area contributed by atoms with Gasteiger partial charge in [-0.3, -0.25) is 0 Å². The minimum absolute atomic E-state index is 0.779. The van der Waals surface area contributed by atoms with Gasteiger partial charge in [-0.2, -0.15) is 0 Å². The molecule has 1 aromatic heterocycles. The molecule has 0 atom stereocenters. The lowest BCUT2D eigenvalue weighted by atomic mass is 10.1. The van der Waals surface area contributed by atoms with Gasteiger partial charge in [0, 0.05) is 17.5 Å². The van der Waals surface area contributed by atoms with E-state index in [-0.39, 0.29) is 0 Å². The quantitative estimate of drug-likeness (QED) is 0.889. The summed E-state index contributed by atoms with van der Waals surface area (Å²) in [6.45, 7) is 3.78. The lowest BCUT2D eigenvalue weighted by molar-refractivity contribution is 0.412. The normalized spacial score (nSPS) is 11.1. The van der Waals surface area contributed by atoms with Crippen LogP contribution >= 0.6 is 31.9 Å². The molecule has 0 aliphatic rings. The largest absolute Gasteiger partial charge is 0.496 e. The Labute approximate surface area is 117 Å². The van der Waals surface area contributed by atoms with E-state index >= 15 is 0 Å². The van der Waals surface area contributed by atoms with Crippen LogP contribution in [0.25, 0.3) is 11.0 Å². The van der Waals surface area contributed by atoms with Gasteiger partial charge in [0.25, 0.3) is 0 Å². The maximum atomic E-state index is 5.58. The highest BCUT2D eigenvalue weighted by Crippen LogP contribution is 2.40. The Hall–Kier alpha value is -0.520. The molecule has 17 heavy (non-hydrogen) atoms. The van der Waals surface area contributed by atoms with Gasteiger partial charge in [0.2, 0.25) is 0 Å². The summed E-state index contributed by atoms with van der Waals surface area (Å²) in [5.41, 5.74) is 1.96. The Balaban J connectivity index is 2.60. The van der Waals surface area contributed by atoms with E-state index in [0.717, 1.165) is 44.3 Å². The van der Waals surface area contributed by atoms with Crippen molar-refractivity contribution < 1.29 is 9.15 Å². The van der Waals surface area contributed by atoms with Gasteiger partial charge in [-0.1, -0.05) is 6.92 Å². The van der Waals surface area contributed by atoms with Gasteiger partial charge in [0.15, 0.2) is 0 Å². The van der Waals surface area contributed by atoms with Gasteiger partial charge in [-0.25, -0.2) is 0 Å². The molecular weight excluding hydrogens is 350 g/mol. The summed E-state index contributed by atoms with van der Waals surface area (Å²) in [5, 5.41) is 4.34. The average molecular weight is 363 g/mol. The molecule has 1 aromatic carbocycles. The molecule has 0 spiro atoms. The molecule has 5 heteroatoms. The van der Waals surface area contributed by atoms with Crippen LogP contribution in [0.5, 0.6) is 5.75 Å². The highest BCUT2D eigenvalue weighted by Gasteiger charge is 2.16. The number of halogens is 2. The Kier molecular flexibility index (Phi) is 4.12. The summed E-state index contributed by atoms with van der Waals surface area (Å²) < 4.78 is 12.7. The fourth-order valence-corrected chi connectivity index (χ4v) is 2.93. The van der Waals surface area contributed by atoms with Crippen molar-refractivity contribution in [1.29, 1.82) is 0 Å². The summed E-state index contributed by atoms with van der Waals surface area (Å²) >= 11 is 7.05. The van der Waals surface area contributed by atoms with Crippen LogP contribution in [-0.2, 0) is 6.54 Å². The standard InChI is InChI=1S/C12H13Br2NO2/c1-3-15-5-7-6-17-12-8(13)4-9(16-2)11(14)10(7)12/h4,6,15H,3,5H2,1-2H3. The van der Waals surface area contributed by atoms with Crippen LogP contribution in [-0.4, -0.2) is 13.7 Å². The maximum Gasteiger partial charge on any atom is 0.149 e. The van der Waals surface area contributed by atoms with Gasteiger partial charge >= 0.3 is 0 Å². The summed E-state index contributed by atoms with van der Waals surface area (Å²) in [5.74, 6) is 0.795. The van der Waals surface area contributed by atoms with Crippen molar-refractivity contribution in [3.05, 3.63) is 26.8 Å². The fraction of sp³-hybridized carbons (Fsp3) is 0.333. The zero-order chi connectivity index (χ0) is 12.4. The van der Waals surface area contributed by atoms with Crippen molar-refractivity contribution in [3.8, 4) is 5.75 Å². The molecule has 0 bridgehead atoms. The van der Waals surface area contributed by atoms with E-state index in [0.29, 0.717) is 0 Å². The predicted molar refractivity (Wildman–Crippen MR) is 75.5 cm³/mol. The summed E-state index contributed by atoms with van der Waals surface area (Å²) in [7, 11) is 1.66. The van der Waals surface area contributed by atoms with Crippen molar-refractivity contribution in [1.82, 2.24) is 5.32 Å². The summed E-state index contributed by atoms with van der Waals surface area (Å²) in [4.78, 5) is 0. The Morgan fingerprint density at radius 1 is 1.41 bits per heavy atom. The number of methoxy groups -OCH3 is 1. The molecule has 0 saturated heterocycles.